The summed E-state index contributed by atoms with van der Waals surface area (Å²) in [5.74, 6) is 0.746. The van der Waals surface area contributed by atoms with Gasteiger partial charge in [-0.2, -0.15) is 0 Å². The van der Waals surface area contributed by atoms with Crippen LogP contribution in [0.5, 0.6) is 5.88 Å². The van der Waals surface area contributed by atoms with E-state index in [1.165, 1.54) is 16.9 Å². The van der Waals surface area contributed by atoms with Crippen LogP contribution in [0.25, 0.3) is 10.2 Å². The Bertz CT molecular complexity index is 561. The van der Waals surface area contributed by atoms with Crippen molar-refractivity contribution in [2.45, 2.75) is 32.8 Å². The van der Waals surface area contributed by atoms with Crippen LogP contribution in [0.3, 0.4) is 0 Å². The third kappa shape index (κ3) is 2.08. The number of hydrogen-bond acceptors (Lipinski definition) is 5. The molecule has 0 bridgehead atoms. The summed E-state index contributed by atoms with van der Waals surface area (Å²) in [6.07, 6.45) is 4.10. The summed E-state index contributed by atoms with van der Waals surface area (Å²) in [6, 6.07) is 0. The number of nitrogens with one attached hydrogen (secondary N) is 1. The molecule has 1 N–H and O–H groups in total. The minimum Gasteiger partial charge on any atom is -0.472 e. The highest BCUT2D eigenvalue weighted by molar-refractivity contribution is 7.18. The third-order valence-corrected chi connectivity index (χ3v) is 4.58. The van der Waals surface area contributed by atoms with Crippen molar-refractivity contribution in [3.8, 4) is 5.88 Å². The van der Waals surface area contributed by atoms with Gasteiger partial charge in [0.05, 0.1) is 5.39 Å². The molecule has 0 spiro atoms. The van der Waals surface area contributed by atoms with E-state index in [1.807, 2.05) is 0 Å². The number of rotatable bonds is 2. The topological polar surface area (TPSA) is 47.0 Å². The third-order valence-electron chi connectivity index (χ3n) is 3.46. The lowest BCUT2D eigenvalue weighted by molar-refractivity contribution is 0.162. The Morgan fingerprint density at radius 1 is 1.39 bits per heavy atom. The number of nitrogens with zero attached hydrogens (tertiary/aromatic N) is 2. The fraction of sp³-hybridized carbons (Fsp3) is 0.538. The SMILES string of the molecule is Cc1sc2ncnc(OC3CCCNC3)c2c1C. The minimum atomic E-state index is 0.233. The Labute approximate surface area is 110 Å². The smallest absolute Gasteiger partial charge is 0.225 e. The maximum atomic E-state index is 6.06. The number of thiophene rings is 1. The summed E-state index contributed by atoms with van der Waals surface area (Å²) < 4.78 is 6.06. The first-order chi connectivity index (χ1) is 8.75. The number of aromatic nitrogens is 2. The van der Waals surface area contributed by atoms with Gasteiger partial charge in [0.2, 0.25) is 5.88 Å². The van der Waals surface area contributed by atoms with E-state index in [0.29, 0.717) is 0 Å². The standard InChI is InChI=1S/C13H17N3OS/c1-8-9(2)18-13-11(8)12(15-7-16-13)17-10-4-3-5-14-6-10/h7,10,14H,3-6H2,1-2H3. The fourth-order valence-corrected chi connectivity index (χ4v) is 3.31. The van der Waals surface area contributed by atoms with E-state index in [2.05, 4.69) is 29.1 Å². The maximum absolute atomic E-state index is 6.06. The molecule has 2 aromatic heterocycles. The van der Waals surface area contributed by atoms with Crippen LogP contribution in [0.15, 0.2) is 6.33 Å². The molecule has 0 aromatic carbocycles. The molecule has 0 amide bonds. The summed E-state index contributed by atoms with van der Waals surface area (Å²) in [4.78, 5) is 11.0. The van der Waals surface area contributed by atoms with E-state index in [-0.39, 0.29) is 6.10 Å². The zero-order valence-corrected chi connectivity index (χ0v) is 11.5. The van der Waals surface area contributed by atoms with Crippen molar-refractivity contribution in [1.29, 1.82) is 0 Å². The van der Waals surface area contributed by atoms with Crippen LogP contribution in [0.2, 0.25) is 0 Å². The number of fused-ring (bicyclic) bond motifs is 1. The Kier molecular flexibility index (Phi) is 3.18. The highest BCUT2D eigenvalue weighted by atomic mass is 32.1. The second-order valence-corrected chi connectivity index (χ2v) is 5.93. The molecule has 3 rings (SSSR count). The molecule has 5 heteroatoms. The molecule has 1 atom stereocenters. The normalized spacial score (nSPS) is 20.2. The van der Waals surface area contributed by atoms with Gasteiger partial charge in [-0.05, 0) is 38.8 Å². The highest BCUT2D eigenvalue weighted by Crippen LogP contribution is 2.34. The summed E-state index contributed by atoms with van der Waals surface area (Å²) in [7, 11) is 0. The van der Waals surface area contributed by atoms with Crippen molar-refractivity contribution in [3.05, 3.63) is 16.8 Å². The maximum Gasteiger partial charge on any atom is 0.225 e. The van der Waals surface area contributed by atoms with Crippen molar-refractivity contribution >= 4 is 21.6 Å². The molecule has 1 aliphatic heterocycles. The number of hydrogen-bond donors (Lipinski definition) is 1. The van der Waals surface area contributed by atoms with Crippen molar-refractivity contribution in [3.63, 3.8) is 0 Å². The van der Waals surface area contributed by atoms with Crippen molar-refractivity contribution in [2.75, 3.05) is 13.1 Å². The van der Waals surface area contributed by atoms with Gasteiger partial charge in [-0.1, -0.05) is 0 Å². The number of piperidine rings is 1. The van der Waals surface area contributed by atoms with Crippen molar-refractivity contribution in [2.24, 2.45) is 0 Å². The predicted molar refractivity (Wildman–Crippen MR) is 73.4 cm³/mol. The van der Waals surface area contributed by atoms with Gasteiger partial charge in [-0.15, -0.1) is 11.3 Å². The molecule has 0 radical (unpaired) electrons. The van der Waals surface area contributed by atoms with Gasteiger partial charge in [-0.25, -0.2) is 9.97 Å². The number of aryl methyl sites for hydroxylation is 2. The molecule has 96 valence electrons. The first-order valence-corrected chi connectivity index (χ1v) is 7.15. The molecule has 1 unspecified atom stereocenters. The zero-order chi connectivity index (χ0) is 12.5. The van der Waals surface area contributed by atoms with Gasteiger partial charge < -0.3 is 10.1 Å². The highest BCUT2D eigenvalue weighted by Gasteiger charge is 2.19. The van der Waals surface area contributed by atoms with E-state index >= 15 is 0 Å². The quantitative estimate of drug-likeness (QED) is 0.904. The summed E-state index contributed by atoms with van der Waals surface area (Å²) in [5.41, 5.74) is 1.24. The molecule has 4 nitrogen and oxygen atoms in total. The molecule has 0 aliphatic carbocycles. The van der Waals surface area contributed by atoms with E-state index < -0.39 is 0 Å². The van der Waals surface area contributed by atoms with E-state index in [0.717, 1.165) is 35.6 Å². The Hall–Kier alpha value is -1.20. The lowest BCUT2D eigenvalue weighted by Crippen LogP contribution is -2.37. The van der Waals surface area contributed by atoms with Crippen LogP contribution in [0.4, 0.5) is 0 Å². The predicted octanol–water partition coefficient (Wildman–Crippen LogP) is 2.44. The van der Waals surface area contributed by atoms with Crippen molar-refractivity contribution in [1.82, 2.24) is 15.3 Å². The first kappa shape index (κ1) is 11.9. The monoisotopic (exact) mass is 263 g/mol. The Morgan fingerprint density at radius 2 is 2.28 bits per heavy atom. The van der Waals surface area contributed by atoms with Crippen LogP contribution in [0.1, 0.15) is 23.3 Å². The molecular weight excluding hydrogens is 246 g/mol. The van der Waals surface area contributed by atoms with Gasteiger partial charge in [0.15, 0.2) is 0 Å². The molecule has 1 fully saturated rings. The van der Waals surface area contributed by atoms with Gasteiger partial charge >= 0.3 is 0 Å². The van der Waals surface area contributed by atoms with E-state index in [1.54, 1.807) is 17.7 Å². The zero-order valence-electron chi connectivity index (χ0n) is 10.7. The number of ether oxygens (including phenoxy) is 1. The Balaban J connectivity index is 1.95. The second kappa shape index (κ2) is 4.82. The molecule has 1 aliphatic rings. The second-order valence-electron chi connectivity index (χ2n) is 4.73. The average Bonchev–Trinajstić information content (AvgIpc) is 2.67. The first-order valence-electron chi connectivity index (χ1n) is 6.34. The lowest BCUT2D eigenvalue weighted by atomic mass is 10.1. The van der Waals surface area contributed by atoms with Crippen LogP contribution >= 0.6 is 11.3 Å². The molecule has 2 aromatic rings. The van der Waals surface area contributed by atoms with Gasteiger partial charge in [0.1, 0.15) is 17.3 Å². The average molecular weight is 263 g/mol. The molecule has 18 heavy (non-hydrogen) atoms. The molecule has 1 saturated heterocycles. The van der Waals surface area contributed by atoms with Crippen LogP contribution in [0, 0.1) is 13.8 Å². The summed E-state index contributed by atoms with van der Waals surface area (Å²) >= 11 is 1.71. The van der Waals surface area contributed by atoms with Gasteiger partial charge in [0.25, 0.3) is 0 Å². The van der Waals surface area contributed by atoms with E-state index in [4.69, 9.17) is 4.74 Å². The van der Waals surface area contributed by atoms with E-state index in [9.17, 15) is 0 Å². The lowest BCUT2D eigenvalue weighted by Gasteiger charge is -2.23. The summed E-state index contributed by atoms with van der Waals surface area (Å²) in [6.45, 7) is 6.24. The minimum absolute atomic E-state index is 0.233. The van der Waals surface area contributed by atoms with Crippen molar-refractivity contribution < 1.29 is 4.74 Å². The van der Waals surface area contributed by atoms with Crippen LogP contribution in [-0.2, 0) is 0 Å². The van der Waals surface area contributed by atoms with Gasteiger partial charge in [-0.3, -0.25) is 0 Å². The summed E-state index contributed by atoms with van der Waals surface area (Å²) in [5, 5.41) is 4.45. The van der Waals surface area contributed by atoms with Crippen LogP contribution in [-0.4, -0.2) is 29.2 Å². The largest absolute Gasteiger partial charge is 0.472 e. The van der Waals surface area contributed by atoms with Crippen LogP contribution < -0.4 is 10.1 Å². The Morgan fingerprint density at radius 3 is 3.06 bits per heavy atom. The van der Waals surface area contributed by atoms with Gasteiger partial charge in [0, 0.05) is 11.4 Å². The molecule has 0 saturated carbocycles. The fourth-order valence-electron chi connectivity index (χ4n) is 2.32. The molecule has 3 heterocycles. The molecular formula is C13H17N3OS.